The Morgan fingerprint density at radius 3 is 2.35 bits per heavy atom. The Bertz CT molecular complexity index is 1190. The molecule has 1 atom stereocenters. The molecule has 0 bridgehead atoms. The van der Waals surface area contributed by atoms with Crippen LogP contribution in [-0.2, 0) is 14.3 Å². The summed E-state index contributed by atoms with van der Waals surface area (Å²) < 4.78 is 21.6. The van der Waals surface area contributed by atoms with Gasteiger partial charge in [0.25, 0.3) is 11.7 Å². The summed E-state index contributed by atoms with van der Waals surface area (Å²) in [6, 6.07) is 9.69. The van der Waals surface area contributed by atoms with Crippen LogP contribution in [0.5, 0.6) is 17.2 Å². The fourth-order valence-electron chi connectivity index (χ4n) is 4.94. The van der Waals surface area contributed by atoms with Gasteiger partial charge in [-0.1, -0.05) is 6.07 Å². The molecule has 2 saturated heterocycles. The third-order valence-corrected chi connectivity index (χ3v) is 6.93. The highest BCUT2D eigenvalue weighted by molar-refractivity contribution is 6.46. The van der Waals surface area contributed by atoms with E-state index in [1.165, 1.54) is 7.11 Å². The summed E-state index contributed by atoms with van der Waals surface area (Å²) in [6.07, 6.45) is 0.679. The van der Waals surface area contributed by atoms with Crippen molar-refractivity contribution in [2.24, 2.45) is 0 Å². The summed E-state index contributed by atoms with van der Waals surface area (Å²) in [5.74, 6) is 0.0809. The van der Waals surface area contributed by atoms with Gasteiger partial charge >= 0.3 is 0 Å². The van der Waals surface area contributed by atoms with E-state index in [0.29, 0.717) is 54.6 Å². The van der Waals surface area contributed by atoms with Crippen LogP contribution in [0.25, 0.3) is 5.76 Å². The topological polar surface area (TPSA) is 97.8 Å². The Morgan fingerprint density at radius 2 is 1.70 bits per heavy atom. The monoisotopic (exact) mass is 510 g/mol. The van der Waals surface area contributed by atoms with Gasteiger partial charge in [0, 0.05) is 31.7 Å². The summed E-state index contributed by atoms with van der Waals surface area (Å²) in [7, 11) is 4.64. The Kier molecular flexibility index (Phi) is 8.35. The summed E-state index contributed by atoms with van der Waals surface area (Å²) >= 11 is 0. The highest BCUT2D eigenvalue weighted by Crippen LogP contribution is 2.42. The lowest BCUT2D eigenvalue weighted by Crippen LogP contribution is -2.39. The number of ether oxygens (including phenoxy) is 4. The molecule has 2 aromatic rings. The van der Waals surface area contributed by atoms with E-state index < -0.39 is 17.7 Å². The lowest BCUT2D eigenvalue weighted by Gasteiger charge is -2.29. The first kappa shape index (κ1) is 26.5. The number of morpholine rings is 1. The number of carbonyl (C=O) groups excluding carboxylic acids is 2. The van der Waals surface area contributed by atoms with Crippen LogP contribution < -0.4 is 14.2 Å². The Morgan fingerprint density at radius 1 is 0.973 bits per heavy atom. The minimum atomic E-state index is -0.772. The van der Waals surface area contributed by atoms with Gasteiger partial charge in [0.15, 0.2) is 11.5 Å². The standard InChI is InChI=1S/C28H34N2O7/c1-18-16-20(34-2)7-8-21(18)26(31)24-25(19-6-9-22(35-3)23(17-19)36-4)30(28(33)27(24)32)11-5-10-29-12-14-37-15-13-29/h6-9,16-17,25,31H,5,10-15H2,1-4H3. The van der Waals surface area contributed by atoms with Crippen molar-refractivity contribution in [3.05, 3.63) is 58.7 Å². The third kappa shape index (κ3) is 5.42. The second kappa shape index (κ2) is 11.7. The molecule has 9 heteroatoms. The van der Waals surface area contributed by atoms with Gasteiger partial charge in [-0.25, -0.2) is 0 Å². The molecule has 2 fully saturated rings. The molecule has 1 N–H and O–H groups in total. The molecule has 2 heterocycles. The van der Waals surface area contributed by atoms with Gasteiger partial charge in [-0.15, -0.1) is 0 Å². The predicted molar refractivity (Wildman–Crippen MR) is 138 cm³/mol. The number of benzene rings is 2. The number of rotatable bonds is 9. The lowest BCUT2D eigenvalue weighted by atomic mass is 9.93. The van der Waals surface area contributed by atoms with Gasteiger partial charge in [0.2, 0.25) is 0 Å². The average Bonchev–Trinajstić information content (AvgIpc) is 3.17. The van der Waals surface area contributed by atoms with E-state index in [-0.39, 0.29) is 11.3 Å². The van der Waals surface area contributed by atoms with Gasteiger partial charge < -0.3 is 29.0 Å². The van der Waals surface area contributed by atoms with E-state index in [1.807, 2.05) is 6.92 Å². The minimum Gasteiger partial charge on any atom is -0.507 e. The van der Waals surface area contributed by atoms with Gasteiger partial charge in [-0.2, -0.15) is 0 Å². The first-order chi connectivity index (χ1) is 17.9. The highest BCUT2D eigenvalue weighted by Gasteiger charge is 2.46. The van der Waals surface area contributed by atoms with Crippen molar-refractivity contribution in [3.8, 4) is 17.2 Å². The van der Waals surface area contributed by atoms with E-state index in [1.54, 1.807) is 55.5 Å². The molecule has 0 spiro atoms. The SMILES string of the molecule is COc1ccc(C(O)=C2C(=O)C(=O)N(CCCN3CCOCC3)C2c2ccc(OC)c(OC)c2)c(C)c1. The highest BCUT2D eigenvalue weighted by atomic mass is 16.5. The van der Waals surface area contributed by atoms with E-state index >= 15 is 0 Å². The molecule has 0 aromatic heterocycles. The van der Waals surface area contributed by atoms with Crippen molar-refractivity contribution in [2.75, 3.05) is 60.7 Å². The zero-order valence-electron chi connectivity index (χ0n) is 21.8. The molecule has 0 saturated carbocycles. The lowest BCUT2D eigenvalue weighted by molar-refractivity contribution is -0.140. The molecule has 2 aromatic carbocycles. The molecule has 1 amide bonds. The summed E-state index contributed by atoms with van der Waals surface area (Å²) in [5, 5.41) is 11.4. The number of ketones is 1. The molecule has 1 unspecified atom stereocenters. The number of Topliss-reactive ketones (excluding diaryl/α,β-unsaturated/α-hetero) is 1. The maximum absolute atomic E-state index is 13.4. The molecule has 0 aliphatic carbocycles. The van der Waals surface area contributed by atoms with Crippen molar-refractivity contribution >= 4 is 17.4 Å². The Balaban J connectivity index is 1.75. The summed E-state index contributed by atoms with van der Waals surface area (Å²) in [5.41, 5.74) is 1.90. The minimum absolute atomic E-state index is 0.0526. The molecule has 2 aliphatic rings. The molecule has 2 aliphatic heterocycles. The number of nitrogens with zero attached hydrogens (tertiary/aromatic N) is 2. The van der Waals surface area contributed by atoms with Crippen LogP contribution in [0.3, 0.4) is 0 Å². The number of aryl methyl sites for hydroxylation is 1. The fraction of sp³-hybridized carbons (Fsp3) is 0.429. The van der Waals surface area contributed by atoms with Crippen molar-refractivity contribution in [2.45, 2.75) is 19.4 Å². The molecular formula is C28H34N2O7. The maximum atomic E-state index is 13.4. The van der Waals surface area contributed by atoms with Gasteiger partial charge in [0.05, 0.1) is 46.2 Å². The second-order valence-electron chi connectivity index (χ2n) is 9.10. The van der Waals surface area contributed by atoms with Crippen LogP contribution in [0.1, 0.15) is 29.2 Å². The van der Waals surface area contributed by atoms with Crippen LogP contribution in [0, 0.1) is 6.92 Å². The Labute approximate surface area is 217 Å². The molecule has 9 nitrogen and oxygen atoms in total. The van der Waals surface area contributed by atoms with Crippen LogP contribution >= 0.6 is 0 Å². The molecule has 37 heavy (non-hydrogen) atoms. The number of aliphatic hydroxyl groups excluding tert-OH is 1. The molecule has 198 valence electrons. The number of likely N-dealkylation sites (tertiary alicyclic amines) is 1. The number of amides is 1. The van der Waals surface area contributed by atoms with Crippen molar-refractivity contribution < 1.29 is 33.6 Å². The van der Waals surface area contributed by atoms with Gasteiger partial charge in [-0.05, 0) is 54.8 Å². The summed E-state index contributed by atoms with van der Waals surface area (Å²) in [6.45, 7) is 6.03. The Hall–Kier alpha value is -3.56. The van der Waals surface area contributed by atoms with Crippen LogP contribution in [0.2, 0.25) is 0 Å². The van der Waals surface area contributed by atoms with E-state index in [9.17, 15) is 14.7 Å². The van der Waals surface area contributed by atoms with Crippen LogP contribution in [-0.4, -0.2) is 87.3 Å². The quantitative estimate of drug-likeness (QED) is 0.312. The van der Waals surface area contributed by atoms with Gasteiger partial charge in [-0.3, -0.25) is 14.5 Å². The number of hydrogen-bond donors (Lipinski definition) is 1. The fourth-order valence-corrected chi connectivity index (χ4v) is 4.94. The number of methoxy groups -OCH3 is 3. The zero-order valence-corrected chi connectivity index (χ0v) is 21.8. The second-order valence-corrected chi connectivity index (χ2v) is 9.10. The first-order valence-corrected chi connectivity index (χ1v) is 12.3. The van der Waals surface area contributed by atoms with Crippen molar-refractivity contribution in [1.29, 1.82) is 0 Å². The number of carbonyl (C=O) groups is 2. The average molecular weight is 511 g/mol. The third-order valence-electron chi connectivity index (χ3n) is 6.93. The normalized spacial score (nSPS) is 19.8. The van der Waals surface area contributed by atoms with Gasteiger partial charge in [0.1, 0.15) is 11.5 Å². The molecule has 0 radical (unpaired) electrons. The zero-order chi connectivity index (χ0) is 26.5. The largest absolute Gasteiger partial charge is 0.507 e. The van der Waals surface area contributed by atoms with Crippen molar-refractivity contribution in [3.63, 3.8) is 0 Å². The van der Waals surface area contributed by atoms with Crippen molar-refractivity contribution in [1.82, 2.24) is 9.80 Å². The smallest absolute Gasteiger partial charge is 0.295 e. The molecular weight excluding hydrogens is 476 g/mol. The maximum Gasteiger partial charge on any atom is 0.295 e. The van der Waals surface area contributed by atoms with E-state index in [4.69, 9.17) is 18.9 Å². The van der Waals surface area contributed by atoms with E-state index in [2.05, 4.69) is 4.90 Å². The predicted octanol–water partition coefficient (Wildman–Crippen LogP) is 3.16. The molecule has 4 rings (SSSR count). The van der Waals surface area contributed by atoms with Crippen LogP contribution in [0.15, 0.2) is 42.0 Å². The first-order valence-electron chi connectivity index (χ1n) is 12.3. The number of hydrogen-bond acceptors (Lipinski definition) is 8. The number of aliphatic hydroxyl groups is 1. The van der Waals surface area contributed by atoms with E-state index in [0.717, 1.165) is 25.2 Å². The van der Waals surface area contributed by atoms with Crippen LogP contribution in [0.4, 0.5) is 0 Å². The summed E-state index contributed by atoms with van der Waals surface area (Å²) in [4.78, 5) is 30.5.